The smallest absolute Gasteiger partial charge is 0.179 e. The molecular formula is C5H9ClO2. The lowest BCUT2D eigenvalue weighted by molar-refractivity contribution is -0.152. The molecule has 1 N–H and O–H groups in total. The number of alkyl halides is 1. The van der Waals surface area contributed by atoms with Crippen molar-refractivity contribution in [3.8, 4) is 0 Å². The Hall–Kier alpha value is 0.210. The summed E-state index contributed by atoms with van der Waals surface area (Å²) < 4.78 is 4.88. The van der Waals surface area contributed by atoms with E-state index in [0.717, 1.165) is 6.42 Å². The molecular weight excluding hydrogens is 128 g/mol. The summed E-state index contributed by atoms with van der Waals surface area (Å²) in [6, 6.07) is 0. The summed E-state index contributed by atoms with van der Waals surface area (Å²) in [5.74, 6) is -1.08. The highest BCUT2D eigenvalue weighted by atomic mass is 35.5. The standard InChI is InChI=1S/C5H9ClO2/c1-5(7)4(6)2-3-8-5/h4,7H,2-3H2,1H3/t4-,5+/m0/s1. The molecule has 0 amide bonds. The highest BCUT2D eigenvalue weighted by Gasteiger charge is 2.36. The van der Waals surface area contributed by atoms with Crippen LogP contribution in [0, 0.1) is 0 Å². The minimum absolute atomic E-state index is 0.234. The van der Waals surface area contributed by atoms with Gasteiger partial charge in [-0.25, -0.2) is 0 Å². The van der Waals surface area contributed by atoms with Crippen molar-refractivity contribution in [2.75, 3.05) is 6.61 Å². The van der Waals surface area contributed by atoms with Crippen molar-refractivity contribution in [1.29, 1.82) is 0 Å². The molecule has 1 saturated heterocycles. The molecule has 3 heteroatoms. The van der Waals surface area contributed by atoms with Crippen LogP contribution in [0.1, 0.15) is 13.3 Å². The second-order valence-corrected chi connectivity index (χ2v) is 2.69. The van der Waals surface area contributed by atoms with E-state index >= 15 is 0 Å². The predicted molar refractivity (Wildman–Crippen MR) is 30.8 cm³/mol. The molecule has 2 atom stereocenters. The minimum atomic E-state index is -1.08. The molecule has 48 valence electrons. The third kappa shape index (κ3) is 0.966. The summed E-state index contributed by atoms with van der Waals surface area (Å²) in [4.78, 5) is 0. The first-order valence-electron chi connectivity index (χ1n) is 2.63. The predicted octanol–water partition coefficient (Wildman–Crippen LogP) is 0.723. The van der Waals surface area contributed by atoms with E-state index in [1.54, 1.807) is 6.92 Å². The zero-order valence-electron chi connectivity index (χ0n) is 4.72. The molecule has 0 saturated carbocycles. The van der Waals surface area contributed by atoms with Gasteiger partial charge in [-0.3, -0.25) is 0 Å². The Morgan fingerprint density at radius 3 is 2.62 bits per heavy atom. The quantitative estimate of drug-likeness (QED) is 0.498. The SMILES string of the molecule is C[C@@]1(O)OCC[C@@H]1Cl. The summed E-state index contributed by atoms with van der Waals surface area (Å²) in [7, 11) is 0. The molecule has 0 aromatic heterocycles. The molecule has 1 heterocycles. The highest BCUT2D eigenvalue weighted by Crippen LogP contribution is 2.26. The number of aliphatic hydroxyl groups is 1. The molecule has 1 aliphatic rings. The van der Waals surface area contributed by atoms with E-state index in [1.165, 1.54) is 0 Å². The van der Waals surface area contributed by atoms with Gasteiger partial charge in [-0.05, 0) is 13.3 Å². The van der Waals surface area contributed by atoms with Crippen LogP contribution in [0.25, 0.3) is 0 Å². The summed E-state index contributed by atoms with van der Waals surface area (Å²) in [6.07, 6.45) is 0.745. The third-order valence-electron chi connectivity index (χ3n) is 1.35. The van der Waals surface area contributed by atoms with Gasteiger partial charge < -0.3 is 9.84 Å². The van der Waals surface area contributed by atoms with Gasteiger partial charge in [0.15, 0.2) is 5.79 Å². The molecule has 2 nitrogen and oxygen atoms in total. The molecule has 0 unspecified atom stereocenters. The van der Waals surface area contributed by atoms with Gasteiger partial charge in [-0.15, -0.1) is 11.6 Å². The second kappa shape index (κ2) is 1.87. The Bertz CT molecular complexity index is 92.4. The van der Waals surface area contributed by atoms with Crippen LogP contribution in [0.5, 0.6) is 0 Å². The van der Waals surface area contributed by atoms with Crippen molar-refractivity contribution in [3.05, 3.63) is 0 Å². The van der Waals surface area contributed by atoms with E-state index in [-0.39, 0.29) is 5.38 Å². The maximum atomic E-state index is 9.11. The van der Waals surface area contributed by atoms with Gasteiger partial charge in [0.2, 0.25) is 0 Å². The molecule has 1 aliphatic heterocycles. The Morgan fingerprint density at radius 1 is 1.88 bits per heavy atom. The first-order valence-corrected chi connectivity index (χ1v) is 3.07. The van der Waals surface area contributed by atoms with Gasteiger partial charge in [-0.1, -0.05) is 0 Å². The summed E-state index contributed by atoms with van der Waals surface area (Å²) in [5.41, 5.74) is 0. The van der Waals surface area contributed by atoms with Crippen LogP contribution in [0.2, 0.25) is 0 Å². The average molecular weight is 137 g/mol. The molecule has 1 fully saturated rings. The summed E-state index contributed by atoms with van der Waals surface area (Å²) in [5, 5.41) is 8.88. The van der Waals surface area contributed by atoms with Crippen LogP contribution in [-0.4, -0.2) is 22.9 Å². The molecule has 8 heavy (non-hydrogen) atoms. The topological polar surface area (TPSA) is 29.5 Å². The zero-order valence-corrected chi connectivity index (χ0v) is 5.48. The monoisotopic (exact) mass is 136 g/mol. The Morgan fingerprint density at radius 2 is 2.50 bits per heavy atom. The fourth-order valence-electron chi connectivity index (χ4n) is 0.727. The van der Waals surface area contributed by atoms with Crippen molar-refractivity contribution >= 4 is 11.6 Å². The third-order valence-corrected chi connectivity index (χ3v) is 1.97. The minimum Gasteiger partial charge on any atom is -0.364 e. The van der Waals surface area contributed by atoms with Crippen molar-refractivity contribution < 1.29 is 9.84 Å². The van der Waals surface area contributed by atoms with Crippen LogP contribution in [0.3, 0.4) is 0 Å². The lowest BCUT2D eigenvalue weighted by atomic mass is 10.2. The first-order chi connectivity index (χ1) is 3.63. The van der Waals surface area contributed by atoms with Crippen LogP contribution in [0.4, 0.5) is 0 Å². The van der Waals surface area contributed by atoms with Crippen LogP contribution in [0.15, 0.2) is 0 Å². The molecule has 0 spiro atoms. The fourth-order valence-corrected chi connectivity index (χ4v) is 0.879. The highest BCUT2D eigenvalue weighted by molar-refractivity contribution is 6.21. The van der Waals surface area contributed by atoms with Crippen LogP contribution >= 0.6 is 11.6 Å². The Kier molecular flexibility index (Phi) is 1.48. The normalized spacial score (nSPS) is 47.6. The molecule has 1 rings (SSSR count). The van der Waals surface area contributed by atoms with Crippen LogP contribution in [-0.2, 0) is 4.74 Å². The van der Waals surface area contributed by atoms with Gasteiger partial charge >= 0.3 is 0 Å². The maximum absolute atomic E-state index is 9.11. The Balaban J connectivity index is 2.54. The van der Waals surface area contributed by atoms with E-state index < -0.39 is 5.79 Å². The number of halogens is 1. The summed E-state index contributed by atoms with van der Waals surface area (Å²) in [6.45, 7) is 2.15. The number of ether oxygens (including phenoxy) is 1. The Labute approximate surface area is 53.4 Å². The first kappa shape index (κ1) is 6.33. The van der Waals surface area contributed by atoms with E-state index in [4.69, 9.17) is 21.4 Å². The van der Waals surface area contributed by atoms with Gasteiger partial charge in [0.25, 0.3) is 0 Å². The molecule has 0 radical (unpaired) electrons. The number of hydrogen-bond donors (Lipinski definition) is 1. The molecule has 0 bridgehead atoms. The second-order valence-electron chi connectivity index (χ2n) is 2.16. The van der Waals surface area contributed by atoms with Crippen molar-refractivity contribution in [2.24, 2.45) is 0 Å². The van der Waals surface area contributed by atoms with Gasteiger partial charge in [0.1, 0.15) is 0 Å². The number of hydrogen-bond acceptors (Lipinski definition) is 2. The van der Waals surface area contributed by atoms with Crippen molar-refractivity contribution in [2.45, 2.75) is 24.5 Å². The van der Waals surface area contributed by atoms with Crippen molar-refractivity contribution in [3.63, 3.8) is 0 Å². The maximum Gasteiger partial charge on any atom is 0.179 e. The lowest BCUT2D eigenvalue weighted by Gasteiger charge is -2.18. The van der Waals surface area contributed by atoms with Gasteiger partial charge in [-0.2, -0.15) is 0 Å². The van der Waals surface area contributed by atoms with E-state index in [2.05, 4.69) is 0 Å². The lowest BCUT2D eigenvalue weighted by Crippen LogP contribution is -2.31. The molecule has 0 aromatic rings. The summed E-state index contributed by atoms with van der Waals surface area (Å²) >= 11 is 5.63. The van der Waals surface area contributed by atoms with E-state index in [9.17, 15) is 0 Å². The largest absolute Gasteiger partial charge is 0.364 e. The van der Waals surface area contributed by atoms with E-state index in [0.29, 0.717) is 6.61 Å². The van der Waals surface area contributed by atoms with Gasteiger partial charge in [0, 0.05) is 0 Å². The molecule has 0 aliphatic carbocycles. The number of rotatable bonds is 0. The zero-order chi connectivity index (χ0) is 6.20. The molecule has 0 aromatic carbocycles. The van der Waals surface area contributed by atoms with Crippen LogP contribution < -0.4 is 0 Å². The average Bonchev–Trinajstić information content (AvgIpc) is 1.86. The van der Waals surface area contributed by atoms with Crippen molar-refractivity contribution in [1.82, 2.24) is 0 Å². The van der Waals surface area contributed by atoms with E-state index in [1.807, 2.05) is 0 Å². The fraction of sp³-hybridized carbons (Fsp3) is 1.00. The van der Waals surface area contributed by atoms with Gasteiger partial charge in [0.05, 0.1) is 12.0 Å².